The molecule has 1 aromatic rings. The van der Waals surface area contributed by atoms with E-state index in [0.29, 0.717) is 18.9 Å². The van der Waals surface area contributed by atoms with Crippen LogP contribution in [-0.4, -0.2) is 49.7 Å². The summed E-state index contributed by atoms with van der Waals surface area (Å²) in [6, 6.07) is 5.76. The smallest absolute Gasteiger partial charge is 0.243 e. The first-order valence-corrected chi connectivity index (χ1v) is 8.84. The third-order valence-corrected chi connectivity index (χ3v) is 5.93. The number of benzene rings is 1. The van der Waals surface area contributed by atoms with E-state index in [1.165, 1.54) is 23.4 Å². The predicted molar refractivity (Wildman–Crippen MR) is 83.3 cm³/mol. The van der Waals surface area contributed by atoms with Crippen LogP contribution in [-0.2, 0) is 24.3 Å². The van der Waals surface area contributed by atoms with Crippen LogP contribution < -0.4 is 5.32 Å². The first kappa shape index (κ1) is 16.4. The molecular formula is C15H20N2O5S. The van der Waals surface area contributed by atoms with Crippen LogP contribution in [0.2, 0.25) is 0 Å². The van der Waals surface area contributed by atoms with Gasteiger partial charge in [0, 0.05) is 12.6 Å². The van der Waals surface area contributed by atoms with Gasteiger partial charge in [0.25, 0.3) is 0 Å². The Hall–Kier alpha value is -1.48. The van der Waals surface area contributed by atoms with E-state index < -0.39 is 15.8 Å². The summed E-state index contributed by atoms with van der Waals surface area (Å²) < 4.78 is 38.0. The minimum absolute atomic E-state index is 0.184. The maximum Gasteiger partial charge on any atom is 0.243 e. The van der Waals surface area contributed by atoms with E-state index in [9.17, 15) is 13.2 Å². The van der Waals surface area contributed by atoms with Crippen LogP contribution in [0.25, 0.3) is 0 Å². The summed E-state index contributed by atoms with van der Waals surface area (Å²) in [6.45, 7) is 5.67. The Bertz CT molecular complexity index is 698. The van der Waals surface area contributed by atoms with Crippen LogP contribution >= 0.6 is 0 Å². The zero-order valence-electron chi connectivity index (χ0n) is 13.3. The second-order valence-corrected chi connectivity index (χ2v) is 8.04. The summed E-state index contributed by atoms with van der Waals surface area (Å²) in [4.78, 5) is 11.2. The molecule has 1 aromatic carbocycles. The molecule has 0 bridgehead atoms. The van der Waals surface area contributed by atoms with Crippen LogP contribution in [0.3, 0.4) is 0 Å². The van der Waals surface area contributed by atoms with Gasteiger partial charge in [-0.15, -0.1) is 0 Å². The molecule has 23 heavy (non-hydrogen) atoms. The summed E-state index contributed by atoms with van der Waals surface area (Å²) in [7, 11) is -3.59. The van der Waals surface area contributed by atoms with Crippen molar-refractivity contribution in [2.45, 2.75) is 43.5 Å². The normalized spacial score (nSPS) is 29.3. The van der Waals surface area contributed by atoms with E-state index in [1.807, 2.05) is 13.8 Å². The fourth-order valence-corrected chi connectivity index (χ4v) is 4.47. The first-order valence-electron chi connectivity index (χ1n) is 7.40. The van der Waals surface area contributed by atoms with E-state index in [2.05, 4.69) is 5.32 Å². The van der Waals surface area contributed by atoms with Crippen molar-refractivity contribution in [3.05, 3.63) is 24.3 Å². The fraction of sp³-hybridized carbons (Fsp3) is 0.533. The lowest BCUT2D eigenvalue weighted by Crippen LogP contribution is -2.31. The molecule has 0 aromatic heterocycles. The zero-order valence-corrected chi connectivity index (χ0v) is 14.1. The number of fused-ring (bicyclic) bond motifs is 1. The van der Waals surface area contributed by atoms with E-state index in [1.54, 1.807) is 12.1 Å². The Morgan fingerprint density at radius 1 is 1.17 bits per heavy atom. The summed E-state index contributed by atoms with van der Waals surface area (Å²) in [6.07, 6.45) is 0. The van der Waals surface area contributed by atoms with Gasteiger partial charge in [-0.05, 0) is 38.1 Å². The van der Waals surface area contributed by atoms with Crippen molar-refractivity contribution in [3.63, 3.8) is 0 Å². The van der Waals surface area contributed by atoms with Crippen LogP contribution in [0.15, 0.2) is 29.2 Å². The molecule has 2 fully saturated rings. The number of nitrogens with one attached hydrogen (secondary N) is 1. The first-order chi connectivity index (χ1) is 10.7. The summed E-state index contributed by atoms with van der Waals surface area (Å²) >= 11 is 0. The lowest BCUT2D eigenvalue weighted by molar-refractivity contribution is -0.206. The van der Waals surface area contributed by atoms with Gasteiger partial charge < -0.3 is 14.8 Å². The fourth-order valence-electron chi connectivity index (χ4n) is 2.68. The van der Waals surface area contributed by atoms with Crippen LogP contribution in [0.1, 0.15) is 20.8 Å². The molecule has 3 rings (SSSR count). The van der Waals surface area contributed by atoms with Gasteiger partial charge in [0.2, 0.25) is 15.9 Å². The zero-order chi connectivity index (χ0) is 16.8. The van der Waals surface area contributed by atoms with Crippen molar-refractivity contribution in [1.82, 2.24) is 4.31 Å². The van der Waals surface area contributed by atoms with Crippen LogP contribution in [0.4, 0.5) is 5.69 Å². The van der Waals surface area contributed by atoms with Crippen LogP contribution in [0, 0.1) is 0 Å². The largest absolute Gasteiger partial charge is 0.349 e. The highest BCUT2D eigenvalue weighted by molar-refractivity contribution is 7.89. The molecule has 2 aliphatic rings. The Labute approximate surface area is 135 Å². The minimum atomic E-state index is -3.59. The number of carbonyl (C=O) groups excluding carboxylic acids is 1. The number of nitrogens with zero attached hydrogens (tertiary/aromatic N) is 1. The lowest BCUT2D eigenvalue weighted by Gasteiger charge is -2.24. The molecule has 1 N–H and O–H groups in total. The number of hydrogen-bond acceptors (Lipinski definition) is 5. The van der Waals surface area contributed by atoms with Crippen molar-refractivity contribution < 1.29 is 22.7 Å². The quantitative estimate of drug-likeness (QED) is 0.835. The average Bonchev–Trinajstić information content (AvgIpc) is 3.18. The monoisotopic (exact) mass is 340 g/mol. The Morgan fingerprint density at radius 2 is 1.70 bits per heavy atom. The maximum atomic E-state index is 12.7. The van der Waals surface area contributed by atoms with Crippen molar-refractivity contribution in [2.24, 2.45) is 0 Å². The summed E-state index contributed by atoms with van der Waals surface area (Å²) in [5.74, 6) is -0.881. The van der Waals surface area contributed by atoms with Crippen molar-refractivity contribution in [3.8, 4) is 0 Å². The topological polar surface area (TPSA) is 84.7 Å². The van der Waals surface area contributed by atoms with Crippen molar-refractivity contribution >= 4 is 21.6 Å². The van der Waals surface area contributed by atoms with E-state index in [4.69, 9.17) is 9.47 Å². The van der Waals surface area contributed by atoms with Gasteiger partial charge in [-0.3, -0.25) is 4.79 Å². The van der Waals surface area contributed by atoms with Gasteiger partial charge in [-0.2, -0.15) is 4.31 Å². The Balaban J connectivity index is 1.75. The number of ether oxygens (including phenoxy) is 2. The van der Waals surface area contributed by atoms with E-state index in [0.717, 1.165) is 0 Å². The second-order valence-electron chi connectivity index (χ2n) is 6.20. The molecule has 7 nitrogen and oxygen atoms in total. The molecule has 3 atom stereocenters. The SMILES string of the molecule is CC(=O)Nc1ccc(S(=O)(=O)N2[C@@H]3COC(C)(C)OC[C@@H]32)cc1. The number of sulfonamides is 1. The maximum absolute atomic E-state index is 12.7. The molecule has 126 valence electrons. The highest BCUT2D eigenvalue weighted by Gasteiger charge is 2.57. The van der Waals surface area contributed by atoms with Gasteiger partial charge >= 0.3 is 0 Å². The molecule has 2 aliphatic heterocycles. The molecule has 0 saturated carbocycles. The molecule has 0 spiro atoms. The van der Waals surface area contributed by atoms with Crippen molar-refractivity contribution in [2.75, 3.05) is 18.5 Å². The molecular weight excluding hydrogens is 320 g/mol. The van der Waals surface area contributed by atoms with Gasteiger partial charge in [-0.1, -0.05) is 0 Å². The predicted octanol–water partition coefficient (Wildman–Crippen LogP) is 1.17. The summed E-state index contributed by atoms with van der Waals surface area (Å²) in [5, 5.41) is 2.61. The molecule has 1 amide bonds. The van der Waals surface area contributed by atoms with Gasteiger partial charge in [-0.25, -0.2) is 8.42 Å². The van der Waals surface area contributed by atoms with E-state index in [-0.39, 0.29) is 22.9 Å². The second kappa shape index (κ2) is 5.55. The third-order valence-electron chi connectivity index (χ3n) is 3.96. The molecule has 8 heteroatoms. The third kappa shape index (κ3) is 3.25. The summed E-state index contributed by atoms with van der Waals surface area (Å²) in [5.41, 5.74) is 0.560. The molecule has 1 unspecified atom stereocenters. The van der Waals surface area contributed by atoms with Gasteiger partial charge in [0.05, 0.1) is 30.2 Å². The van der Waals surface area contributed by atoms with E-state index >= 15 is 0 Å². The number of hydrogen-bond donors (Lipinski definition) is 1. The molecule has 2 heterocycles. The number of anilines is 1. The van der Waals surface area contributed by atoms with Gasteiger partial charge in [0.1, 0.15) is 0 Å². The van der Waals surface area contributed by atoms with Crippen molar-refractivity contribution in [1.29, 1.82) is 0 Å². The molecule has 2 saturated heterocycles. The van der Waals surface area contributed by atoms with Gasteiger partial charge in [0.15, 0.2) is 5.79 Å². The Kier molecular flexibility index (Phi) is 3.96. The molecule has 0 aliphatic carbocycles. The standard InChI is InChI=1S/C15H20N2O5S/c1-10(18)16-11-4-6-12(7-5-11)23(19,20)17-13-8-21-15(2,3)22-9-14(13)17/h4-7,13-14H,8-9H2,1-3H3,(H,16,18)/t13-,14+,17?. The minimum Gasteiger partial charge on any atom is -0.349 e. The van der Waals surface area contributed by atoms with Crippen LogP contribution in [0.5, 0.6) is 0 Å². The highest BCUT2D eigenvalue weighted by Crippen LogP contribution is 2.39. The average molecular weight is 340 g/mol. The number of carbonyl (C=O) groups is 1. The number of amides is 1. The highest BCUT2D eigenvalue weighted by atomic mass is 32.2. The Morgan fingerprint density at radius 3 is 2.17 bits per heavy atom. The molecule has 0 radical (unpaired) electrons. The lowest BCUT2D eigenvalue weighted by atomic mass is 10.3. The number of rotatable bonds is 3.